The first-order chi connectivity index (χ1) is 21.4. The Balaban J connectivity index is 1.36. The number of piperidine rings is 2. The first-order valence-corrected chi connectivity index (χ1v) is 17.1. The van der Waals surface area contributed by atoms with E-state index >= 15 is 0 Å². The van der Waals surface area contributed by atoms with Gasteiger partial charge in [-0.1, -0.05) is 30.2 Å². The molecule has 5 rings (SSSR count). The normalized spacial score (nSPS) is 17.0. The molecule has 2 aliphatic rings. The Morgan fingerprint density at radius 1 is 1.00 bits per heavy atom. The quantitative estimate of drug-likeness (QED) is 0.233. The van der Waals surface area contributed by atoms with Crippen LogP contribution >= 0.6 is 11.6 Å². The Labute approximate surface area is 267 Å². The van der Waals surface area contributed by atoms with Gasteiger partial charge in [-0.3, -0.25) is 0 Å². The summed E-state index contributed by atoms with van der Waals surface area (Å²) in [4.78, 5) is 13.4. The highest BCUT2D eigenvalue weighted by Crippen LogP contribution is 2.36. The molecule has 0 aliphatic carbocycles. The van der Waals surface area contributed by atoms with Crippen LogP contribution in [0.25, 0.3) is 0 Å². The minimum Gasteiger partial charge on any atom is -0.482 e. The minimum absolute atomic E-state index is 0.00408. The monoisotopic (exact) mass is 666 g/mol. The molecule has 244 valence electrons. The molecule has 45 heavy (non-hydrogen) atoms. The number of halogens is 4. The fourth-order valence-corrected chi connectivity index (χ4v) is 7.04. The predicted octanol–water partition coefficient (Wildman–Crippen LogP) is 7.20. The number of alkyl halides is 3. The van der Waals surface area contributed by atoms with Crippen molar-refractivity contribution in [1.29, 1.82) is 0 Å². The van der Waals surface area contributed by atoms with Gasteiger partial charge in [-0.25, -0.2) is 13.4 Å². The lowest BCUT2D eigenvalue weighted by Crippen LogP contribution is -2.46. The number of rotatable bonds is 10. The van der Waals surface area contributed by atoms with Crippen LogP contribution in [-0.2, 0) is 9.84 Å². The summed E-state index contributed by atoms with van der Waals surface area (Å²) < 4.78 is 70.7. The van der Waals surface area contributed by atoms with Gasteiger partial charge in [0, 0.05) is 30.9 Å². The molecule has 0 radical (unpaired) electrons. The van der Waals surface area contributed by atoms with E-state index in [9.17, 15) is 21.6 Å². The van der Waals surface area contributed by atoms with Crippen molar-refractivity contribution in [2.24, 2.45) is 0 Å². The van der Waals surface area contributed by atoms with Crippen LogP contribution in [-0.4, -0.2) is 73.5 Å². The van der Waals surface area contributed by atoms with E-state index in [1.807, 2.05) is 6.07 Å². The lowest BCUT2D eigenvalue weighted by Gasteiger charge is -2.41. The van der Waals surface area contributed by atoms with E-state index in [1.54, 1.807) is 44.2 Å². The maximum absolute atomic E-state index is 13.2. The number of nitrogens with one attached hydrogen (secondary N) is 2. The number of hydrogen-bond donors (Lipinski definition) is 2. The topological polar surface area (TPSA) is 99.7 Å². The zero-order valence-electron chi connectivity index (χ0n) is 25.3. The van der Waals surface area contributed by atoms with Crippen LogP contribution in [0.5, 0.6) is 5.75 Å². The van der Waals surface area contributed by atoms with E-state index in [-0.39, 0.29) is 38.8 Å². The van der Waals surface area contributed by atoms with Crippen LogP contribution in [0.3, 0.4) is 0 Å². The van der Waals surface area contributed by atoms with Gasteiger partial charge in [-0.15, -0.1) is 0 Å². The predicted molar refractivity (Wildman–Crippen MR) is 171 cm³/mol. The molecule has 2 aromatic carbocycles. The Kier molecular flexibility index (Phi) is 10.3. The molecule has 0 spiro atoms. The van der Waals surface area contributed by atoms with Crippen molar-refractivity contribution in [2.75, 3.05) is 48.3 Å². The van der Waals surface area contributed by atoms with Crippen LogP contribution in [0, 0.1) is 0 Å². The smallest absolute Gasteiger partial charge is 0.422 e. The zero-order valence-corrected chi connectivity index (χ0v) is 26.9. The van der Waals surface area contributed by atoms with E-state index in [0.29, 0.717) is 6.04 Å². The zero-order chi connectivity index (χ0) is 32.2. The Bertz CT molecular complexity index is 1580. The molecule has 0 atom stereocenters. The molecule has 0 bridgehead atoms. The molecule has 2 fully saturated rings. The number of hydrogen-bond acceptors (Lipinski definition) is 9. The maximum atomic E-state index is 13.2. The van der Waals surface area contributed by atoms with Gasteiger partial charge in [0.05, 0.1) is 27.7 Å². The molecular formula is C31H38ClF3N6O3S. The van der Waals surface area contributed by atoms with Crippen molar-refractivity contribution in [2.45, 2.75) is 68.3 Å². The Morgan fingerprint density at radius 2 is 1.71 bits per heavy atom. The summed E-state index contributed by atoms with van der Waals surface area (Å²) in [6.45, 7) is 5.59. The third-order valence-corrected chi connectivity index (χ3v) is 10.6. The van der Waals surface area contributed by atoms with Gasteiger partial charge >= 0.3 is 6.18 Å². The number of nitrogens with zero attached hydrogens (tertiary/aromatic N) is 4. The van der Waals surface area contributed by atoms with Gasteiger partial charge in [-0.05, 0) is 76.9 Å². The Morgan fingerprint density at radius 3 is 2.40 bits per heavy atom. The number of sulfone groups is 1. The minimum atomic E-state index is -4.53. The summed E-state index contributed by atoms with van der Waals surface area (Å²) in [7, 11) is -3.63. The lowest BCUT2D eigenvalue weighted by molar-refractivity contribution is -0.153. The molecule has 0 amide bonds. The highest BCUT2D eigenvalue weighted by atomic mass is 35.5. The molecule has 0 saturated carbocycles. The van der Waals surface area contributed by atoms with Gasteiger partial charge in [0.25, 0.3) is 0 Å². The van der Waals surface area contributed by atoms with E-state index < -0.39 is 27.9 Å². The third-order valence-electron chi connectivity index (χ3n) is 8.15. The maximum Gasteiger partial charge on any atom is 0.422 e. The molecular weight excluding hydrogens is 629 g/mol. The summed E-state index contributed by atoms with van der Waals surface area (Å²) in [5.41, 5.74) is 1.29. The summed E-state index contributed by atoms with van der Waals surface area (Å²) in [5.74, 6) is 0.147. The van der Waals surface area contributed by atoms with Crippen molar-refractivity contribution in [3.63, 3.8) is 0 Å². The van der Waals surface area contributed by atoms with E-state index in [1.165, 1.54) is 31.5 Å². The highest BCUT2D eigenvalue weighted by molar-refractivity contribution is 7.92. The average molecular weight is 667 g/mol. The van der Waals surface area contributed by atoms with Crippen molar-refractivity contribution >= 4 is 50.3 Å². The summed E-state index contributed by atoms with van der Waals surface area (Å²) >= 11 is 6.35. The van der Waals surface area contributed by atoms with Crippen LogP contribution in [0.15, 0.2) is 53.6 Å². The number of para-hydroxylation sites is 1. The van der Waals surface area contributed by atoms with Gasteiger partial charge in [0.2, 0.25) is 5.95 Å². The van der Waals surface area contributed by atoms with Crippen LogP contribution in [0.4, 0.5) is 42.0 Å². The SMILES string of the molecule is CC(C)S(=O)(=O)c1ccccc1Nc1nc(Nc2ccc(N3CCC(N4CCCCC4)CC3)cc2OCC(F)(F)F)ncc1Cl. The molecule has 3 aromatic rings. The summed E-state index contributed by atoms with van der Waals surface area (Å²) in [5, 5.41) is 5.39. The fourth-order valence-electron chi connectivity index (χ4n) is 5.70. The van der Waals surface area contributed by atoms with Gasteiger partial charge in [0.15, 0.2) is 22.3 Å². The molecule has 3 heterocycles. The standard InChI is InChI=1S/C31H38ClF3N6O3S/c1-21(2)45(42,43)28-9-5-4-8-26(28)37-29-24(32)19-36-30(39-29)38-25-11-10-23(18-27(25)44-20-31(33,34)35)41-16-12-22(13-17-41)40-14-6-3-7-15-40/h4-5,8-11,18-19,21-22H,3,6-7,12-17,20H2,1-2H3,(H2,36,37,38,39). The molecule has 2 saturated heterocycles. The van der Waals surface area contributed by atoms with Gasteiger partial charge < -0.3 is 25.2 Å². The van der Waals surface area contributed by atoms with Crippen LogP contribution in [0.1, 0.15) is 46.0 Å². The number of aromatic nitrogens is 2. The summed E-state index contributed by atoms with van der Waals surface area (Å²) in [6, 6.07) is 12.0. The lowest BCUT2D eigenvalue weighted by atomic mass is 9.99. The highest BCUT2D eigenvalue weighted by Gasteiger charge is 2.30. The number of anilines is 5. The van der Waals surface area contributed by atoms with Crippen molar-refractivity contribution in [3.8, 4) is 5.75 Å². The molecule has 2 N–H and O–H groups in total. The van der Waals surface area contributed by atoms with Crippen LogP contribution in [0.2, 0.25) is 5.02 Å². The fraction of sp³-hybridized carbons (Fsp3) is 0.484. The number of likely N-dealkylation sites (tertiary alicyclic amines) is 1. The van der Waals surface area contributed by atoms with Crippen molar-refractivity contribution < 1.29 is 26.3 Å². The first kappa shape index (κ1) is 33.1. The van der Waals surface area contributed by atoms with Crippen molar-refractivity contribution in [1.82, 2.24) is 14.9 Å². The second-order valence-corrected chi connectivity index (χ2v) is 14.5. The third kappa shape index (κ3) is 8.30. The molecule has 0 unspecified atom stereocenters. The molecule has 9 nitrogen and oxygen atoms in total. The van der Waals surface area contributed by atoms with Gasteiger partial charge in [-0.2, -0.15) is 18.2 Å². The number of ether oxygens (including phenoxy) is 1. The van der Waals surface area contributed by atoms with E-state index in [0.717, 1.165) is 44.7 Å². The van der Waals surface area contributed by atoms with Crippen LogP contribution < -0.4 is 20.3 Å². The molecule has 14 heteroatoms. The van der Waals surface area contributed by atoms with Gasteiger partial charge in [0.1, 0.15) is 10.8 Å². The number of benzene rings is 2. The summed E-state index contributed by atoms with van der Waals surface area (Å²) in [6.07, 6.45) is 2.52. The Hall–Kier alpha value is -3.29. The second-order valence-electron chi connectivity index (χ2n) is 11.6. The largest absolute Gasteiger partial charge is 0.482 e. The van der Waals surface area contributed by atoms with E-state index in [4.69, 9.17) is 16.3 Å². The first-order valence-electron chi connectivity index (χ1n) is 15.1. The average Bonchev–Trinajstić information content (AvgIpc) is 3.02. The second kappa shape index (κ2) is 14.0. The van der Waals surface area contributed by atoms with E-state index in [2.05, 4.69) is 30.4 Å². The molecule has 2 aliphatic heterocycles. The molecule has 1 aromatic heterocycles. The van der Waals surface area contributed by atoms with Crippen molar-refractivity contribution in [3.05, 3.63) is 53.7 Å².